The predicted molar refractivity (Wildman–Crippen MR) is 370 cm³/mol. The molecule has 6 aromatic heterocycles. The molecule has 0 aliphatic heterocycles. The number of ether oxygens (including phenoxy) is 1. The van der Waals surface area contributed by atoms with E-state index in [-0.39, 0.29) is 5.82 Å². The standard InChI is InChI=1S/C24H27N5S.C24H26N4OS.C23H23FN4S/c1-15(2)20-11-21(16(3)10-22(20)25-5)27-24-28-23(13-30-24)18-6-8-19(9-7-18)29-12-17(4)26-14-29;1-6-18-10-20(16(3)9-15(18)2)26-24-27-21(13-30-24)19-7-8-22(23(11-19)29-5)28-12-17(4)25-14-28;1-5-17-10-20(15(3)8-14(17)2)26-23-27-21(12-29-23)18-6-7-22(19(24)9-18)28-11-16(4)25-13-28/h6-15,25H,1-5H3,(H,27,28);7-14H,6H2,1-5H3,(H,26,27);6-13H,5H2,1-4H3,(H,26,27). The first kappa shape index (κ1) is 62.8. The highest BCUT2D eigenvalue weighted by Gasteiger charge is 2.17. The Labute approximate surface area is 533 Å². The minimum atomic E-state index is -0.302. The van der Waals surface area contributed by atoms with Gasteiger partial charge in [-0.3, -0.25) is 0 Å². The van der Waals surface area contributed by atoms with E-state index in [0.29, 0.717) is 11.6 Å². The largest absolute Gasteiger partial charge is 0.495 e. The normalized spacial score (nSPS) is 11.1. The van der Waals surface area contributed by atoms with Crippen LogP contribution in [0.1, 0.15) is 95.2 Å². The lowest BCUT2D eigenvalue weighted by Gasteiger charge is -2.17. The number of nitrogens with one attached hydrogen (secondary N) is 4. The van der Waals surface area contributed by atoms with Crippen molar-refractivity contribution in [3.8, 4) is 56.6 Å². The molecule has 0 aliphatic rings. The molecule has 12 aromatic rings. The highest BCUT2D eigenvalue weighted by Crippen LogP contribution is 2.37. The van der Waals surface area contributed by atoms with Crippen molar-refractivity contribution in [2.45, 2.75) is 102 Å². The van der Waals surface area contributed by atoms with Gasteiger partial charge < -0.3 is 39.7 Å². The first-order valence-corrected chi connectivity index (χ1v) is 32.3. The molecule has 89 heavy (non-hydrogen) atoms. The SMILES string of the molecule is CCc1cc(Nc2nc(-c3ccc(-n4cnc(C)c4)c(F)c3)cs2)c(C)cc1C.CCc1cc(Nc2nc(-c3ccc(-n4cnc(C)c4)c(OC)c3)cs2)c(C)cc1C.CNc1cc(C)c(Nc2nc(-c3ccc(-n4cnc(C)c4)cc3)cs2)cc1C(C)C. The second kappa shape index (κ2) is 27.9. The van der Waals surface area contributed by atoms with Gasteiger partial charge >= 0.3 is 0 Å². The summed E-state index contributed by atoms with van der Waals surface area (Å²) in [6.45, 7) is 25.3. The number of hydrogen-bond donors (Lipinski definition) is 4. The van der Waals surface area contributed by atoms with E-state index in [1.165, 1.54) is 67.6 Å². The quantitative estimate of drug-likeness (QED) is 0.0690. The van der Waals surface area contributed by atoms with Crippen LogP contribution in [0.3, 0.4) is 0 Å². The molecule has 4 N–H and O–H groups in total. The molecular formula is C71H76FN13OS3. The summed E-state index contributed by atoms with van der Waals surface area (Å²) in [6.07, 6.45) is 13.1. The maximum absolute atomic E-state index is 14.7. The Kier molecular flexibility index (Phi) is 19.7. The minimum Gasteiger partial charge on any atom is -0.495 e. The summed E-state index contributed by atoms with van der Waals surface area (Å²) in [5, 5.41) is 22.4. The van der Waals surface area contributed by atoms with Crippen LogP contribution < -0.4 is 26.0 Å². The second-order valence-corrected chi connectivity index (χ2v) is 25.0. The lowest BCUT2D eigenvalue weighted by Crippen LogP contribution is -2.01. The number of imidazole rings is 3. The molecule has 0 saturated carbocycles. The zero-order chi connectivity index (χ0) is 63.0. The number of aryl methyl sites for hydroxylation is 10. The van der Waals surface area contributed by atoms with Crippen molar-refractivity contribution < 1.29 is 9.13 Å². The summed E-state index contributed by atoms with van der Waals surface area (Å²) in [6, 6.07) is 33.0. The summed E-state index contributed by atoms with van der Waals surface area (Å²) in [4.78, 5) is 27.0. The van der Waals surface area contributed by atoms with Crippen LogP contribution in [0.25, 0.3) is 50.8 Å². The van der Waals surface area contributed by atoms with Crippen molar-refractivity contribution in [2.24, 2.45) is 0 Å². The van der Waals surface area contributed by atoms with Gasteiger partial charge in [0.05, 0.1) is 71.6 Å². The van der Waals surface area contributed by atoms with E-state index < -0.39 is 0 Å². The Morgan fingerprint density at radius 1 is 0.483 bits per heavy atom. The number of nitrogens with zero attached hydrogens (tertiary/aromatic N) is 9. The number of halogens is 1. The molecule has 6 aromatic carbocycles. The third-order valence-electron chi connectivity index (χ3n) is 15.5. The van der Waals surface area contributed by atoms with Gasteiger partial charge in [-0.2, -0.15) is 0 Å². The molecule has 0 radical (unpaired) electrons. The average Bonchev–Trinajstić information content (AvgIpc) is 3.10. The molecule has 12 rings (SSSR count). The Morgan fingerprint density at radius 3 is 1.35 bits per heavy atom. The van der Waals surface area contributed by atoms with Gasteiger partial charge in [-0.1, -0.05) is 64.1 Å². The molecule has 456 valence electrons. The van der Waals surface area contributed by atoms with Gasteiger partial charge in [-0.25, -0.2) is 34.3 Å². The molecule has 0 saturated heterocycles. The summed E-state index contributed by atoms with van der Waals surface area (Å²) >= 11 is 4.74. The Balaban J connectivity index is 0.000000147. The van der Waals surface area contributed by atoms with E-state index in [2.05, 4.69) is 181 Å². The molecular weight excluding hydrogens is 1170 g/mol. The summed E-state index contributed by atoms with van der Waals surface area (Å²) in [7, 11) is 3.66. The summed E-state index contributed by atoms with van der Waals surface area (Å²) in [5.41, 5.74) is 25.6. The third kappa shape index (κ3) is 14.9. The number of methoxy groups -OCH3 is 1. The van der Waals surface area contributed by atoms with Gasteiger partial charge in [0.1, 0.15) is 11.6 Å². The van der Waals surface area contributed by atoms with Crippen LogP contribution in [-0.4, -0.2) is 57.8 Å². The number of hydrogen-bond acceptors (Lipinski definition) is 14. The van der Waals surface area contributed by atoms with E-state index in [9.17, 15) is 4.39 Å². The monoisotopic (exact) mass is 1240 g/mol. The zero-order valence-corrected chi connectivity index (χ0v) is 55.4. The van der Waals surface area contributed by atoms with E-state index in [4.69, 9.17) is 14.7 Å². The second-order valence-electron chi connectivity index (χ2n) is 22.4. The number of thiazole rings is 3. The number of rotatable bonds is 17. The van der Waals surface area contributed by atoms with Gasteiger partial charge in [-0.05, 0) is 179 Å². The van der Waals surface area contributed by atoms with Crippen LogP contribution in [0, 0.1) is 61.2 Å². The summed E-state index contributed by atoms with van der Waals surface area (Å²) < 4.78 is 26.0. The molecule has 0 atom stereocenters. The van der Waals surface area contributed by atoms with Gasteiger partial charge in [0, 0.05) is 86.9 Å². The molecule has 0 unspecified atom stereocenters. The summed E-state index contributed by atoms with van der Waals surface area (Å²) in [5.74, 6) is 0.928. The number of aromatic nitrogens is 9. The van der Waals surface area contributed by atoms with Crippen molar-refractivity contribution in [1.29, 1.82) is 0 Å². The van der Waals surface area contributed by atoms with Crippen LogP contribution in [0.2, 0.25) is 0 Å². The van der Waals surface area contributed by atoms with Crippen LogP contribution in [0.4, 0.5) is 42.5 Å². The van der Waals surface area contributed by atoms with Gasteiger partial charge in [-0.15, -0.1) is 34.0 Å². The lowest BCUT2D eigenvalue weighted by molar-refractivity contribution is 0.413. The minimum absolute atomic E-state index is 0.302. The van der Waals surface area contributed by atoms with Crippen molar-refractivity contribution in [2.75, 3.05) is 35.4 Å². The number of anilines is 7. The predicted octanol–water partition coefficient (Wildman–Crippen LogP) is 19.1. The van der Waals surface area contributed by atoms with E-state index >= 15 is 0 Å². The van der Waals surface area contributed by atoms with Crippen molar-refractivity contribution in [1.82, 2.24) is 43.6 Å². The molecule has 0 fully saturated rings. The molecule has 0 spiro atoms. The van der Waals surface area contributed by atoms with Crippen LogP contribution in [0.5, 0.6) is 5.75 Å². The molecule has 18 heteroatoms. The molecule has 6 heterocycles. The maximum Gasteiger partial charge on any atom is 0.187 e. The van der Waals surface area contributed by atoms with E-state index in [1.807, 2.05) is 79.3 Å². The third-order valence-corrected chi connectivity index (χ3v) is 17.8. The average molecular weight is 1240 g/mol. The fraction of sp³-hybridized carbons (Fsp3) is 0.239. The van der Waals surface area contributed by atoms with Crippen LogP contribution in [0.15, 0.2) is 151 Å². The van der Waals surface area contributed by atoms with Crippen molar-refractivity contribution >= 4 is 72.2 Å². The van der Waals surface area contributed by atoms with Gasteiger partial charge in [0.2, 0.25) is 0 Å². The smallest absolute Gasteiger partial charge is 0.187 e. The van der Waals surface area contributed by atoms with Gasteiger partial charge in [0.25, 0.3) is 0 Å². The van der Waals surface area contributed by atoms with Gasteiger partial charge in [0.15, 0.2) is 15.4 Å². The van der Waals surface area contributed by atoms with E-state index in [0.717, 1.165) is 113 Å². The maximum atomic E-state index is 14.7. The fourth-order valence-corrected chi connectivity index (χ4v) is 12.7. The van der Waals surface area contributed by atoms with Crippen LogP contribution in [-0.2, 0) is 12.8 Å². The highest BCUT2D eigenvalue weighted by atomic mass is 32.1. The van der Waals surface area contributed by atoms with E-state index in [1.54, 1.807) is 59.3 Å². The zero-order valence-electron chi connectivity index (χ0n) is 53.0. The lowest BCUT2D eigenvalue weighted by atomic mass is 9.98. The molecule has 0 bridgehead atoms. The highest BCUT2D eigenvalue weighted by molar-refractivity contribution is 7.14. The topological polar surface area (TPSA) is 149 Å². The number of benzene rings is 6. The molecule has 0 amide bonds. The van der Waals surface area contributed by atoms with Crippen molar-refractivity contribution in [3.05, 3.63) is 218 Å². The molecule has 0 aliphatic carbocycles. The Morgan fingerprint density at radius 2 is 0.910 bits per heavy atom. The Bertz CT molecular complexity index is 4410. The van der Waals surface area contributed by atoms with Crippen molar-refractivity contribution in [3.63, 3.8) is 0 Å². The fourth-order valence-electron chi connectivity index (χ4n) is 10.5. The first-order chi connectivity index (χ1) is 42.9. The first-order valence-electron chi connectivity index (χ1n) is 29.7. The molecule has 14 nitrogen and oxygen atoms in total. The van der Waals surface area contributed by atoms with Crippen LogP contribution >= 0.6 is 34.0 Å². The Hall–Kier alpha value is -9.23.